The van der Waals surface area contributed by atoms with E-state index in [1.165, 1.54) is 24.9 Å². The zero-order chi connectivity index (χ0) is 14.0. The minimum absolute atomic E-state index is 0.443. The quantitative estimate of drug-likeness (QED) is 0.790. The Morgan fingerprint density at radius 3 is 2.63 bits per heavy atom. The minimum Gasteiger partial charge on any atom is -0.389 e. The molecule has 2 N–H and O–H groups in total. The van der Waals surface area contributed by atoms with E-state index in [0.29, 0.717) is 4.99 Å². The molecule has 0 aliphatic heterocycles. The van der Waals surface area contributed by atoms with Gasteiger partial charge in [0.15, 0.2) is 0 Å². The Labute approximate surface area is 129 Å². The van der Waals surface area contributed by atoms with Gasteiger partial charge in [-0.2, -0.15) is 0 Å². The first-order valence-electron chi connectivity index (χ1n) is 6.85. The van der Waals surface area contributed by atoms with Crippen molar-refractivity contribution in [2.24, 2.45) is 11.7 Å². The lowest BCUT2D eigenvalue weighted by atomic mass is 10.1. The average molecular weight is 341 g/mol. The Morgan fingerprint density at radius 1 is 1.47 bits per heavy atom. The summed E-state index contributed by atoms with van der Waals surface area (Å²) in [6, 6.07) is 7.03. The van der Waals surface area contributed by atoms with Crippen molar-refractivity contribution in [1.82, 2.24) is 0 Å². The lowest BCUT2D eigenvalue weighted by Crippen LogP contribution is -2.27. The van der Waals surface area contributed by atoms with Crippen LogP contribution in [0.25, 0.3) is 0 Å². The van der Waals surface area contributed by atoms with Crippen LogP contribution in [0.4, 0.5) is 5.69 Å². The molecular formula is C15H21BrN2S. The molecule has 0 unspecified atom stereocenters. The van der Waals surface area contributed by atoms with Crippen LogP contribution in [0.2, 0.25) is 0 Å². The molecule has 2 rings (SSSR count). The van der Waals surface area contributed by atoms with E-state index in [1.807, 2.05) is 6.07 Å². The lowest BCUT2D eigenvalue weighted by molar-refractivity contribution is 0.571. The summed E-state index contributed by atoms with van der Waals surface area (Å²) in [6.45, 7) is 5.68. The smallest absolute Gasteiger partial charge is 0.105 e. The van der Waals surface area contributed by atoms with Gasteiger partial charge in [-0.25, -0.2) is 0 Å². The molecule has 0 radical (unpaired) electrons. The molecule has 2 nitrogen and oxygen atoms in total. The van der Waals surface area contributed by atoms with Gasteiger partial charge in [0.05, 0.1) is 0 Å². The number of hydrogen-bond donors (Lipinski definition) is 1. The lowest BCUT2D eigenvalue weighted by Gasteiger charge is -2.26. The maximum atomic E-state index is 5.70. The Morgan fingerprint density at radius 2 is 2.16 bits per heavy atom. The molecule has 1 aliphatic rings. The summed E-state index contributed by atoms with van der Waals surface area (Å²) in [5.41, 5.74) is 7.89. The van der Waals surface area contributed by atoms with Crippen LogP contribution >= 0.6 is 28.1 Å². The monoisotopic (exact) mass is 340 g/mol. The average Bonchev–Trinajstić information content (AvgIpc) is 3.13. The van der Waals surface area contributed by atoms with Gasteiger partial charge in [-0.1, -0.05) is 26.1 Å². The van der Waals surface area contributed by atoms with Gasteiger partial charge in [0.2, 0.25) is 0 Å². The van der Waals surface area contributed by atoms with E-state index < -0.39 is 0 Å². The molecule has 0 atom stereocenters. The van der Waals surface area contributed by atoms with E-state index >= 15 is 0 Å². The number of anilines is 1. The van der Waals surface area contributed by atoms with Gasteiger partial charge < -0.3 is 10.6 Å². The first kappa shape index (κ1) is 14.8. The van der Waals surface area contributed by atoms with Crippen molar-refractivity contribution in [3.8, 4) is 0 Å². The first-order valence-corrected chi connectivity index (χ1v) is 8.05. The van der Waals surface area contributed by atoms with Crippen molar-refractivity contribution in [2.75, 3.05) is 11.4 Å². The van der Waals surface area contributed by atoms with E-state index in [9.17, 15) is 0 Å². The van der Waals surface area contributed by atoms with Gasteiger partial charge in [0.1, 0.15) is 4.99 Å². The predicted octanol–water partition coefficient (Wildman–Crippen LogP) is 4.10. The summed E-state index contributed by atoms with van der Waals surface area (Å²) in [6.07, 6.45) is 3.85. The Bertz CT molecular complexity index is 469. The summed E-state index contributed by atoms with van der Waals surface area (Å²) in [7, 11) is 0. The standard InChI is InChI=1S/C15H21BrN2S/c1-10(2)7-8-18(11-3-4-11)12-5-6-13(15(17)19)14(16)9-12/h5-6,9-11H,3-4,7-8H2,1-2H3,(H2,17,19). The fraction of sp³-hybridized carbons (Fsp3) is 0.533. The fourth-order valence-electron chi connectivity index (χ4n) is 2.19. The van der Waals surface area contributed by atoms with Gasteiger partial charge in [0.25, 0.3) is 0 Å². The maximum Gasteiger partial charge on any atom is 0.105 e. The predicted molar refractivity (Wildman–Crippen MR) is 89.9 cm³/mol. The topological polar surface area (TPSA) is 29.3 Å². The number of nitrogens with two attached hydrogens (primary N) is 1. The van der Waals surface area contributed by atoms with Gasteiger partial charge in [0, 0.05) is 28.3 Å². The van der Waals surface area contributed by atoms with Crippen molar-refractivity contribution < 1.29 is 0 Å². The Kier molecular flexibility index (Phi) is 4.85. The van der Waals surface area contributed by atoms with Gasteiger partial charge in [-0.05, 0) is 59.3 Å². The van der Waals surface area contributed by atoms with Crippen LogP contribution in [0.15, 0.2) is 22.7 Å². The molecule has 1 aromatic rings. The summed E-state index contributed by atoms with van der Waals surface area (Å²) >= 11 is 8.61. The third kappa shape index (κ3) is 3.93. The highest BCUT2D eigenvalue weighted by Crippen LogP contribution is 2.34. The number of hydrogen-bond acceptors (Lipinski definition) is 2. The van der Waals surface area contributed by atoms with E-state index in [1.54, 1.807) is 0 Å². The molecule has 4 heteroatoms. The normalized spacial score (nSPS) is 14.7. The second-order valence-corrected chi connectivity index (χ2v) is 6.93. The molecule has 0 heterocycles. The van der Waals surface area contributed by atoms with E-state index in [-0.39, 0.29) is 0 Å². The highest BCUT2D eigenvalue weighted by atomic mass is 79.9. The number of nitrogens with zero attached hydrogens (tertiary/aromatic N) is 1. The first-order chi connectivity index (χ1) is 8.99. The summed E-state index contributed by atoms with van der Waals surface area (Å²) in [5, 5.41) is 0. The van der Waals surface area contributed by atoms with Crippen molar-refractivity contribution in [2.45, 2.75) is 39.2 Å². The third-order valence-corrected chi connectivity index (χ3v) is 4.36. The molecule has 19 heavy (non-hydrogen) atoms. The molecule has 0 saturated heterocycles. The molecule has 1 aromatic carbocycles. The number of thiocarbonyl (C=S) groups is 1. The van der Waals surface area contributed by atoms with Gasteiger partial charge in [-0.3, -0.25) is 0 Å². The Balaban J connectivity index is 2.17. The summed E-state index contributed by atoms with van der Waals surface area (Å²) in [5.74, 6) is 0.737. The van der Waals surface area contributed by atoms with Crippen LogP contribution < -0.4 is 10.6 Å². The van der Waals surface area contributed by atoms with Crippen LogP contribution in [0.1, 0.15) is 38.7 Å². The molecule has 1 fully saturated rings. The third-order valence-electron chi connectivity index (χ3n) is 3.48. The largest absolute Gasteiger partial charge is 0.389 e. The van der Waals surface area contributed by atoms with Crippen molar-refractivity contribution >= 4 is 38.8 Å². The molecule has 1 aliphatic carbocycles. The van der Waals surface area contributed by atoms with E-state index in [4.69, 9.17) is 18.0 Å². The molecular weight excluding hydrogens is 320 g/mol. The van der Waals surface area contributed by atoms with Crippen LogP contribution in [-0.2, 0) is 0 Å². The molecule has 0 spiro atoms. The van der Waals surface area contributed by atoms with Crippen LogP contribution in [0.5, 0.6) is 0 Å². The maximum absolute atomic E-state index is 5.70. The van der Waals surface area contributed by atoms with Gasteiger partial charge >= 0.3 is 0 Å². The van der Waals surface area contributed by atoms with Crippen LogP contribution in [-0.4, -0.2) is 17.6 Å². The molecule has 0 aromatic heterocycles. The van der Waals surface area contributed by atoms with Crippen LogP contribution in [0, 0.1) is 5.92 Å². The molecule has 0 bridgehead atoms. The number of halogens is 1. The van der Waals surface area contributed by atoms with E-state index in [2.05, 4.69) is 46.8 Å². The highest BCUT2D eigenvalue weighted by Gasteiger charge is 2.29. The Hall–Kier alpha value is -0.610. The SMILES string of the molecule is CC(C)CCN(c1ccc(C(N)=S)c(Br)c1)C1CC1. The molecule has 1 saturated carbocycles. The fourth-order valence-corrected chi connectivity index (χ4v) is 3.08. The molecule has 0 amide bonds. The number of benzene rings is 1. The molecule has 104 valence electrons. The van der Waals surface area contributed by atoms with Crippen molar-refractivity contribution in [3.05, 3.63) is 28.2 Å². The summed E-state index contributed by atoms with van der Waals surface area (Å²) < 4.78 is 0.993. The number of rotatable bonds is 6. The summed E-state index contributed by atoms with van der Waals surface area (Å²) in [4.78, 5) is 2.97. The van der Waals surface area contributed by atoms with E-state index in [0.717, 1.165) is 28.5 Å². The second-order valence-electron chi connectivity index (χ2n) is 5.64. The second kappa shape index (κ2) is 6.23. The minimum atomic E-state index is 0.443. The van der Waals surface area contributed by atoms with Crippen LogP contribution in [0.3, 0.4) is 0 Å². The van der Waals surface area contributed by atoms with Gasteiger partial charge in [-0.15, -0.1) is 0 Å². The zero-order valence-electron chi connectivity index (χ0n) is 11.5. The highest BCUT2D eigenvalue weighted by molar-refractivity contribution is 9.10. The zero-order valence-corrected chi connectivity index (χ0v) is 13.9. The van der Waals surface area contributed by atoms with Crippen molar-refractivity contribution in [3.63, 3.8) is 0 Å². The van der Waals surface area contributed by atoms with Crippen molar-refractivity contribution in [1.29, 1.82) is 0 Å².